The van der Waals surface area contributed by atoms with Crippen molar-refractivity contribution in [3.05, 3.63) is 54.0 Å². The molecule has 1 unspecified atom stereocenters. The van der Waals surface area contributed by atoms with Gasteiger partial charge in [0, 0.05) is 37.7 Å². The van der Waals surface area contributed by atoms with Gasteiger partial charge in [0.1, 0.15) is 5.75 Å². The normalized spacial score (nSPS) is 20.2. The van der Waals surface area contributed by atoms with E-state index in [2.05, 4.69) is 6.92 Å². The topological polar surface area (TPSA) is 63.0 Å². The summed E-state index contributed by atoms with van der Waals surface area (Å²) in [4.78, 5) is 28.9. The van der Waals surface area contributed by atoms with Crippen LogP contribution in [0.3, 0.4) is 0 Å². The molecule has 6 heteroatoms. The molecule has 30 heavy (non-hydrogen) atoms. The van der Waals surface area contributed by atoms with Gasteiger partial charge in [-0.05, 0) is 68.0 Å². The monoisotopic (exact) mass is 410 g/mol. The molecular weight excluding hydrogens is 380 g/mol. The Balaban J connectivity index is 1.27. The first-order valence-electron chi connectivity index (χ1n) is 10.9. The Kier molecular flexibility index (Phi) is 6.41. The van der Waals surface area contributed by atoms with Crippen LogP contribution in [0.15, 0.2) is 47.1 Å². The molecule has 0 saturated carbocycles. The largest absolute Gasteiger partial charge is 0.493 e. The Hall–Kier alpha value is -2.76. The standard InChI is InChI=1S/C24H30N2O4/c1-18-10-13-25(14-11-18)23(27)20-6-8-21(9-7-20)30-17-19-4-2-12-26(16-19)24(28)22-5-3-15-29-22/h3,5-9,15,18-19H,2,4,10-14,16-17H2,1H3. The van der Waals surface area contributed by atoms with Crippen molar-refractivity contribution in [1.82, 2.24) is 9.80 Å². The molecule has 2 aliphatic rings. The lowest BCUT2D eigenvalue weighted by Gasteiger charge is -2.32. The molecule has 1 atom stereocenters. The Morgan fingerprint density at radius 3 is 2.47 bits per heavy atom. The zero-order valence-electron chi connectivity index (χ0n) is 17.6. The second-order valence-corrected chi connectivity index (χ2v) is 8.55. The summed E-state index contributed by atoms with van der Waals surface area (Å²) in [5.74, 6) is 2.19. The lowest BCUT2D eigenvalue weighted by atomic mass is 9.98. The molecule has 3 heterocycles. The van der Waals surface area contributed by atoms with Crippen molar-refractivity contribution in [3.63, 3.8) is 0 Å². The molecule has 0 aliphatic carbocycles. The summed E-state index contributed by atoms with van der Waals surface area (Å²) in [6, 6.07) is 10.9. The first kappa shape index (κ1) is 20.5. The molecule has 1 aromatic heterocycles. The third-order valence-corrected chi connectivity index (χ3v) is 6.20. The Morgan fingerprint density at radius 2 is 1.77 bits per heavy atom. The van der Waals surface area contributed by atoms with Crippen molar-refractivity contribution in [2.45, 2.75) is 32.6 Å². The molecule has 0 N–H and O–H groups in total. The zero-order valence-corrected chi connectivity index (χ0v) is 17.6. The van der Waals surface area contributed by atoms with Crippen LogP contribution in [0.5, 0.6) is 5.75 Å². The molecule has 0 spiro atoms. The predicted octanol–water partition coefficient (Wildman–Crippen LogP) is 4.08. The minimum atomic E-state index is -0.0559. The summed E-state index contributed by atoms with van der Waals surface area (Å²) in [6.45, 7) is 5.90. The van der Waals surface area contributed by atoms with E-state index < -0.39 is 0 Å². The van der Waals surface area contributed by atoms with Gasteiger partial charge >= 0.3 is 0 Å². The van der Waals surface area contributed by atoms with Gasteiger partial charge in [0.25, 0.3) is 11.8 Å². The van der Waals surface area contributed by atoms with Crippen molar-refractivity contribution < 1.29 is 18.7 Å². The molecule has 2 amide bonds. The highest BCUT2D eigenvalue weighted by molar-refractivity contribution is 5.94. The second kappa shape index (κ2) is 9.37. The van der Waals surface area contributed by atoms with Gasteiger partial charge in [-0.15, -0.1) is 0 Å². The number of hydrogen-bond acceptors (Lipinski definition) is 4. The van der Waals surface area contributed by atoms with Crippen molar-refractivity contribution in [2.75, 3.05) is 32.8 Å². The van der Waals surface area contributed by atoms with Crippen LogP contribution in [0.1, 0.15) is 53.5 Å². The lowest BCUT2D eigenvalue weighted by molar-refractivity contribution is 0.0602. The smallest absolute Gasteiger partial charge is 0.289 e. The molecule has 160 valence electrons. The summed E-state index contributed by atoms with van der Waals surface area (Å²) in [5.41, 5.74) is 0.713. The SMILES string of the molecule is CC1CCN(C(=O)c2ccc(OCC3CCCN(C(=O)c4ccco4)C3)cc2)CC1. The lowest BCUT2D eigenvalue weighted by Crippen LogP contribution is -2.41. The minimum Gasteiger partial charge on any atom is -0.493 e. The number of hydrogen-bond donors (Lipinski definition) is 0. The molecular formula is C24H30N2O4. The number of benzene rings is 1. The van der Waals surface area contributed by atoms with Crippen LogP contribution in [0.25, 0.3) is 0 Å². The van der Waals surface area contributed by atoms with Crippen LogP contribution in [-0.2, 0) is 0 Å². The van der Waals surface area contributed by atoms with Gasteiger partial charge in [0.2, 0.25) is 0 Å². The molecule has 2 fully saturated rings. The highest BCUT2D eigenvalue weighted by Crippen LogP contribution is 2.22. The van der Waals surface area contributed by atoms with Gasteiger partial charge in [-0.2, -0.15) is 0 Å². The quantitative estimate of drug-likeness (QED) is 0.745. The third kappa shape index (κ3) is 4.86. The van der Waals surface area contributed by atoms with Crippen LogP contribution in [0, 0.1) is 11.8 Å². The van der Waals surface area contributed by atoms with E-state index in [0.717, 1.165) is 51.1 Å². The molecule has 2 aromatic rings. The van der Waals surface area contributed by atoms with Gasteiger partial charge in [-0.25, -0.2) is 0 Å². The van der Waals surface area contributed by atoms with Crippen LogP contribution < -0.4 is 4.74 Å². The first-order chi connectivity index (χ1) is 14.6. The van der Waals surface area contributed by atoms with Crippen molar-refractivity contribution in [1.29, 1.82) is 0 Å². The maximum Gasteiger partial charge on any atom is 0.289 e. The van der Waals surface area contributed by atoms with E-state index in [9.17, 15) is 9.59 Å². The van der Waals surface area contributed by atoms with Crippen molar-refractivity contribution in [2.24, 2.45) is 11.8 Å². The maximum absolute atomic E-state index is 12.7. The van der Waals surface area contributed by atoms with E-state index in [-0.39, 0.29) is 17.7 Å². The fraction of sp³-hybridized carbons (Fsp3) is 0.500. The number of carbonyl (C=O) groups is 2. The van der Waals surface area contributed by atoms with Gasteiger partial charge in [-0.3, -0.25) is 9.59 Å². The average Bonchev–Trinajstić information content (AvgIpc) is 3.33. The highest BCUT2D eigenvalue weighted by atomic mass is 16.5. The zero-order chi connectivity index (χ0) is 20.9. The van der Waals surface area contributed by atoms with Gasteiger partial charge in [-0.1, -0.05) is 6.92 Å². The number of ether oxygens (including phenoxy) is 1. The van der Waals surface area contributed by atoms with Crippen LogP contribution in [-0.4, -0.2) is 54.4 Å². The fourth-order valence-corrected chi connectivity index (χ4v) is 4.24. The van der Waals surface area contributed by atoms with E-state index in [1.165, 1.54) is 6.26 Å². The third-order valence-electron chi connectivity index (χ3n) is 6.20. The molecule has 1 aromatic carbocycles. The Bertz CT molecular complexity index is 839. The highest BCUT2D eigenvalue weighted by Gasteiger charge is 2.26. The van der Waals surface area contributed by atoms with E-state index >= 15 is 0 Å². The summed E-state index contributed by atoms with van der Waals surface area (Å²) < 4.78 is 11.2. The summed E-state index contributed by atoms with van der Waals surface area (Å²) in [7, 11) is 0. The van der Waals surface area contributed by atoms with Crippen LogP contribution in [0.2, 0.25) is 0 Å². The van der Waals surface area contributed by atoms with E-state index in [1.807, 2.05) is 34.1 Å². The van der Waals surface area contributed by atoms with E-state index in [1.54, 1.807) is 12.1 Å². The van der Waals surface area contributed by atoms with Gasteiger partial charge in [0.05, 0.1) is 12.9 Å². The molecule has 6 nitrogen and oxygen atoms in total. The van der Waals surface area contributed by atoms with Crippen LogP contribution in [0.4, 0.5) is 0 Å². The molecule has 0 bridgehead atoms. The predicted molar refractivity (Wildman–Crippen MR) is 114 cm³/mol. The summed E-state index contributed by atoms with van der Waals surface area (Å²) in [6.07, 6.45) is 5.67. The Labute approximate surface area is 177 Å². The van der Waals surface area contributed by atoms with Gasteiger partial charge < -0.3 is 19.0 Å². The fourth-order valence-electron chi connectivity index (χ4n) is 4.24. The minimum absolute atomic E-state index is 0.0559. The maximum atomic E-state index is 12.7. The van der Waals surface area contributed by atoms with Crippen molar-refractivity contribution in [3.8, 4) is 5.75 Å². The molecule has 4 rings (SSSR count). The van der Waals surface area contributed by atoms with E-state index in [0.29, 0.717) is 30.4 Å². The number of rotatable bonds is 5. The molecule has 0 radical (unpaired) electrons. The van der Waals surface area contributed by atoms with Crippen LogP contribution >= 0.6 is 0 Å². The average molecular weight is 411 g/mol. The number of likely N-dealkylation sites (tertiary alicyclic amines) is 2. The van der Waals surface area contributed by atoms with Gasteiger partial charge in [0.15, 0.2) is 5.76 Å². The number of carbonyl (C=O) groups excluding carboxylic acids is 2. The Morgan fingerprint density at radius 1 is 1.00 bits per heavy atom. The van der Waals surface area contributed by atoms with E-state index in [4.69, 9.17) is 9.15 Å². The molecule has 2 saturated heterocycles. The number of nitrogens with zero attached hydrogens (tertiary/aromatic N) is 2. The number of piperidine rings is 2. The second-order valence-electron chi connectivity index (χ2n) is 8.55. The summed E-state index contributed by atoms with van der Waals surface area (Å²) >= 11 is 0. The summed E-state index contributed by atoms with van der Waals surface area (Å²) in [5, 5.41) is 0. The first-order valence-corrected chi connectivity index (χ1v) is 10.9. The van der Waals surface area contributed by atoms with Crippen molar-refractivity contribution >= 4 is 11.8 Å². The molecule has 2 aliphatic heterocycles. The number of amides is 2. The number of furan rings is 1.